The van der Waals surface area contributed by atoms with E-state index in [2.05, 4.69) is 33.1 Å². The van der Waals surface area contributed by atoms with Crippen molar-refractivity contribution in [2.45, 2.75) is 32.7 Å². The Bertz CT molecular complexity index is 704. The summed E-state index contributed by atoms with van der Waals surface area (Å²) in [6, 6.07) is 6.00. The molecule has 2 aliphatic rings. The molecular weight excluding hydrogens is 507 g/mol. The van der Waals surface area contributed by atoms with Crippen LogP contribution in [0, 0.1) is 5.41 Å². The molecule has 1 aliphatic heterocycles. The van der Waals surface area contributed by atoms with Gasteiger partial charge < -0.3 is 24.4 Å². The maximum Gasteiger partial charge on any atom is 0.193 e. The Kier molecular flexibility index (Phi) is 10.6. The Morgan fingerprint density at radius 2 is 1.87 bits per heavy atom. The van der Waals surface area contributed by atoms with E-state index in [9.17, 15) is 0 Å². The fraction of sp³-hybridized carbons (Fsp3) is 0.696. The zero-order valence-electron chi connectivity index (χ0n) is 19.5. The van der Waals surface area contributed by atoms with Crippen molar-refractivity contribution >= 4 is 29.9 Å². The van der Waals surface area contributed by atoms with E-state index in [0.717, 1.165) is 81.9 Å². The Morgan fingerprint density at radius 3 is 2.45 bits per heavy atom. The Hall–Kier alpha value is -1.26. The summed E-state index contributed by atoms with van der Waals surface area (Å²) in [6.45, 7) is 9.52. The van der Waals surface area contributed by atoms with Crippen LogP contribution < -0.4 is 14.8 Å². The molecule has 1 saturated carbocycles. The second-order valence-corrected chi connectivity index (χ2v) is 8.29. The highest BCUT2D eigenvalue weighted by Crippen LogP contribution is 2.48. The largest absolute Gasteiger partial charge is 0.497 e. The third-order valence-electron chi connectivity index (χ3n) is 6.32. The number of rotatable bonds is 10. The first kappa shape index (κ1) is 26.0. The number of methoxy groups -OCH3 is 2. The second kappa shape index (κ2) is 12.7. The second-order valence-electron chi connectivity index (χ2n) is 8.29. The first-order chi connectivity index (χ1) is 14.6. The zero-order chi connectivity index (χ0) is 21.4. The molecule has 0 aromatic heterocycles. The van der Waals surface area contributed by atoms with Crippen LogP contribution in [0.1, 0.15) is 31.7 Å². The molecule has 1 aromatic carbocycles. The molecule has 1 aromatic rings. The highest BCUT2D eigenvalue weighted by atomic mass is 127. The number of aliphatic imine (C=N–C) groups is 1. The number of nitrogens with zero attached hydrogens (tertiary/aromatic N) is 3. The summed E-state index contributed by atoms with van der Waals surface area (Å²) in [5, 5.41) is 3.63. The van der Waals surface area contributed by atoms with E-state index >= 15 is 0 Å². The normalized spacial score (nSPS) is 18.3. The molecule has 1 aliphatic carbocycles. The average Bonchev–Trinajstić information content (AvgIpc) is 3.55. The maximum atomic E-state index is 5.56. The van der Waals surface area contributed by atoms with Gasteiger partial charge in [-0.3, -0.25) is 9.89 Å². The predicted molar refractivity (Wildman–Crippen MR) is 136 cm³/mol. The number of benzene rings is 1. The van der Waals surface area contributed by atoms with Gasteiger partial charge in [0.25, 0.3) is 0 Å². The molecule has 1 N–H and O–H groups in total. The molecule has 0 bridgehead atoms. The van der Waals surface area contributed by atoms with E-state index in [-0.39, 0.29) is 24.0 Å². The third-order valence-corrected chi connectivity index (χ3v) is 6.32. The summed E-state index contributed by atoms with van der Waals surface area (Å²) < 4.78 is 16.5. The van der Waals surface area contributed by atoms with Gasteiger partial charge >= 0.3 is 0 Å². The lowest BCUT2D eigenvalue weighted by atomic mass is 10.0. The van der Waals surface area contributed by atoms with E-state index < -0.39 is 0 Å². The number of hydrogen-bond donors (Lipinski definition) is 1. The van der Waals surface area contributed by atoms with Gasteiger partial charge in [-0.05, 0) is 49.8 Å². The molecule has 2 fully saturated rings. The fourth-order valence-electron chi connectivity index (χ4n) is 4.09. The van der Waals surface area contributed by atoms with Gasteiger partial charge in [-0.25, -0.2) is 0 Å². The van der Waals surface area contributed by atoms with Crippen molar-refractivity contribution in [1.29, 1.82) is 0 Å². The SMILES string of the molecule is CCOCCC1(CNC(=NC)N2CCN(Cc3cc(OC)ccc3OC)CC2)CC1.I. The van der Waals surface area contributed by atoms with Crippen molar-refractivity contribution in [3.05, 3.63) is 23.8 Å². The molecule has 7 nitrogen and oxygen atoms in total. The van der Waals surface area contributed by atoms with Crippen LogP contribution in [0.2, 0.25) is 0 Å². The van der Waals surface area contributed by atoms with Crippen LogP contribution in [0.3, 0.4) is 0 Å². The van der Waals surface area contributed by atoms with E-state index in [1.54, 1.807) is 14.2 Å². The van der Waals surface area contributed by atoms with Crippen molar-refractivity contribution in [3.63, 3.8) is 0 Å². The van der Waals surface area contributed by atoms with Gasteiger partial charge in [-0.2, -0.15) is 0 Å². The lowest BCUT2D eigenvalue weighted by molar-refractivity contribution is 0.128. The molecule has 8 heteroatoms. The molecule has 3 rings (SSSR count). The number of guanidine groups is 1. The molecule has 0 spiro atoms. The van der Waals surface area contributed by atoms with Crippen LogP contribution in [-0.2, 0) is 11.3 Å². The van der Waals surface area contributed by atoms with Crippen molar-refractivity contribution in [1.82, 2.24) is 15.1 Å². The summed E-state index contributed by atoms with van der Waals surface area (Å²) in [4.78, 5) is 9.38. The van der Waals surface area contributed by atoms with Gasteiger partial charge in [0.2, 0.25) is 0 Å². The lowest BCUT2D eigenvalue weighted by Crippen LogP contribution is -2.52. The fourth-order valence-corrected chi connectivity index (χ4v) is 4.09. The molecule has 0 radical (unpaired) electrons. The molecule has 31 heavy (non-hydrogen) atoms. The van der Waals surface area contributed by atoms with Crippen molar-refractivity contribution in [2.75, 3.05) is 67.2 Å². The predicted octanol–water partition coefficient (Wildman–Crippen LogP) is 3.22. The van der Waals surface area contributed by atoms with Gasteiger partial charge in [0.15, 0.2) is 5.96 Å². The number of nitrogens with one attached hydrogen (secondary N) is 1. The Balaban J connectivity index is 0.00000341. The summed E-state index contributed by atoms with van der Waals surface area (Å²) in [7, 11) is 5.31. The molecular formula is C23H39IN4O3. The quantitative estimate of drug-likeness (QED) is 0.211. The number of hydrogen-bond acceptors (Lipinski definition) is 5. The van der Waals surface area contributed by atoms with E-state index in [0.29, 0.717) is 5.41 Å². The van der Waals surface area contributed by atoms with Crippen LogP contribution >= 0.6 is 24.0 Å². The summed E-state index contributed by atoms with van der Waals surface area (Å²) in [6.07, 6.45) is 3.72. The highest BCUT2D eigenvalue weighted by Gasteiger charge is 2.42. The van der Waals surface area contributed by atoms with Gasteiger partial charge in [0.1, 0.15) is 11.5 Å². The van der Waals surface area contributed by atoms with Crippen LogP contribution in [0.5, 0.6) is 11.5 Å². The van der Waals surface area contributed by atoms with E-state index in [1.807, 2.05) is 19.2 Å². The molecule has 0 atom stereocenters. The molecule has 0 amide bonds. The van der Waals surface area contributed by atoms with E-state index in [1.165, 1.54) is 12.8 Å². The van der Waals surface area contributed by atoms with Crippen molar-refractivity contribution < 1.29 is 14.2 Å². The zero-order valence-corrected chi connectivity index (χ0v) is 21.8. The molecule has 1 saturated heterocycles. The van der Waals surface area contributed by atoms with Crippen LogP contribution in [0.15, 0.2) is 23.2 Å². The third kappa shape index (κ3) is 7.39. The number of piperazine rings is 1. The minimum atomic E-state index is 0. The van der Waals surface area contributed by atoms with Crippen LogP contribution in [0.25, 0.3) is 0 Å². The van der Waals surface area contributed by atoms with Gasteiger partial charge in [0.05, 0.1) is 14.2 Å². The molecule has 1 heterocycles. The van der Waals surface area contributed by atoms with Gasteiger partial charge in [0, 0.05) is 65.1 Å². The summed E-state index contributed by atoms with van der Waals surface area (Å²) >= 11 is 0. The van der Waals surface area contributed by atoms with E-state index in [4.69, 9.17) is 14.2 Å². The molecule has 176 valence electrons. The Labute approximate surface area is 204 Å². The summed E-state index contributed by atoms with van der Waals surface area (Å²) in [5.41, 5.74) is 1.58. The standard InChI is InChI=1S/C23H38N4O3.HI/c1-5-30-15-10-23(8-9-23)18-25-22(24-2)27-13-11-26(12-14-27)17-19-16-20(28-3)6-7-21(19)29-4;/h6-7,16H,5,8-15,17-18H2,1-4H3,(H,24,25);1H. The smallest absolute Gasteiger partial charge is 0.193 e. The first-order valence-corrected chi connectivity index (χ1v) is 11.1. The number of ether oxygens (including phenoxy) is 3. The average molecular weight is 546 g/mol. The minimum Gasteiger partial charge on any atom is -0.497 e. The first-order valence-electron chi connectivity index (χ1n) is 11.1. The van der Waals surface area contributed by atoms with Crippen molar-refractivity contribution in [2.24, 2.45) is 10.4 Å². The lowest BCUT2D eigenvalue weighted by Gasteiger charge is -2.37. The monoisotopic (exact) mass is 546 g/mol. The summed E-state index contributed by atoms with van der Waals surface area (Å²) in [5.74, 6) is 2.81. The van der Waals surface area contributed by atoms with Gasteiger partial charge in [-0.15, -0.1) is 24.0 Å². The van der Waals surface area contributed by atoms with Crippen molar-refractivity contribution in [3.8, 4) is 11.5 Å². The topological polar surface area (TPSA) is 58.6 Å². The molecule has 0 unspecified atom stereocenters. The van der Waals surface area contributed by atoms with Crippen LogP contribution in [-0.4, -0.2) is 83.0 Å². The highest BCUT2D eigenvalue weighted by molar-refractivity contribution is 14.0. The van der Waals surface area contributed by atoms with Crippen LogP contribution in [0.4, 0.5) is 0 Å². The maximum absolute atomic E-state index is 5.56. The van der Waals surface area contributed by atoms with Gasteiger partial charge in [-0.1, -0.05) is 0 Å². The minimum absolute atomic E-state index is 0. The number of halogens is 1. The Morgan fingerprint density at radius 1 is 1.13 bits per heavy atom.